The van der Waals surface area contributed by atoms with Crippen LogP contribution in [0.4, 0.5) is 23.1 Å². The standard InChI is InChI=1S/C29H34N8O5S/c1-17-7-8-22(16-26(17)43(30,41)42)37(28(40)12-11-24(19(3)38)32-20(4)39)29-31-14-13-27(33-29)35(5)21-9-10-23-18(2)36(6)34-25(23)15-21/h7-10,13-16,24H,11-12H2,1-6H3,(H,32,39)(H2,30,41,42)/t24-/m0/s1. The number of Topliss-reactive ketones (excluding diaryl/α,β-unsaturated/α-hetero) is 1. The van der Waals surface area contributed by atoms with Gasteiger partial charge >= 0.3 is 0 Å². The van der Waals surface area contributed by atoms with Crippen molar-refractivity contribution in [2.45, 2.75) is 51.5 Å². The lowest BCUT2D eigenvalue weighted by atomic mass is 10.1. The number of anilines is 4. The fourth-order valence-electron chi connectivity index (χ4n) is 4.70. The molecule has 2 heterocycles. The van der Waals surface area contributed by atoms with Gasteiger partial charge in [-0.15, -0.1) is 0 Å². The van der Waals surface area contributed by atoms with E-state index in [1.807, 2.05) is 44.1 Å². The Kier molecular flexibility index (Phi) is 8.92. The Morgan fingerprint density at radius 1 is 1.05 bits per heavy atom. The van der Waals surface area contributed by atoms with E-state index < -0.39 is 27.9 Å². The number of carbonyl (C=O) groups is 3. The summed E-state index contributed by atoms with van der Waals surface area (Å²) in [5, 5.41) is 13.6. The van der Waals surface area contributed by atoms with E-state index >= 15 is 0 Å². The number of amides is 2. The highest BCUT2D eigenvalue weighted by Gasteiger charge is 2.26. The van der Waals surface area contributed by atoms with Crippen LogP contribution in [0.25, 0.3) is 10.9 Å². The van der Waals surface area contributed by atoms with Crippen molar-refractivity contribution in [3.8, 4) is 0 Å². The molecule has 0 radical (unpaired) electrons. The Morgan fingerprint density at radius 3 is 2.40 bits per heavy atom. The van der Waals surface area contributed by atoms with Crippen molar-refractivity contribution in [2.24, 2.45) is 12.2 Å². The lowest BCUT2D eigenvalue weighted by molar-refractivity contribution is -0.126. The number of hydrogen-bond donors (Lipinski definition) is 2. The first-order chi connectivity index (χ1) is 20.2. The quantitative estimate of drug-likeness (QED) is 0.275. The molecular weight excluding hydrogens is 572 g/mol. The normalized spacial score (nSPS) is 12.2. The summed E-state index contributed by atoms with van der Waals surface area (Å²) in [7, 11) is -0.424. The third kappa shape index (κ3) is 6.87. The second kappa shape index (κ2) is 12.3. The van der Waals surface area contributed by atoms with Crippen LogP contribution < -0.4 is 20.3 Å². The molecule has 3 N–H and O–H groups in total. The van der Waals surface area contributed by atoms with Gasteiger partial charge in [-0.3, -0.25) is 19.1 Å². The van der Waals surface area contributed by atoms with E-state index in [1.165, 1.54) is 37.1 Å². The maximum atomic E-state index is 13.8. The second-order valence-electron chi connectivity index (χ2n) is 10.3. The summed E-state index contributed by atoms with van der Waals surface area (Å²) in [5.41, 5.74) is 3.20. The third-order valence-corrected chi connectivity index (χ3v) is 8.23. The zero-order chi connectivity index (χ0) is 31.6. The molecule has 0 aliphatic rings. The Labute approximate surface area is 249 Å². The van der Waals surface area contributed by atoms with E-state index in [0.717, 1.165) is 22.3 Å². The molecule has 0 aliphatic carbocycles. The summed E-state index contributed by atoms with van der Waals surface area (Å²) in [6, 6.07) is 11.0. The van der Waals surface area contributed by atoms with Crippen LogP contribution in [0.2, 0.25) is 0 Å². The average Bonchev–Trinajstić information content (AvgIpc) is 3.23. The van der Waals surface area contributed by atoms with Gasteiger partial charge in [0.15, 0.2) is 5.78 Å². The summed E-state index contributed by atoms with van der Waals surface area (Å²) in [4.78, 5) is 49.3. The van der Waals surface area contributed by atoms with Gasteiger partial charge in [0, 0.05) is 50.4 Å². The van der Waals surface area contributed by atoms with Crippen molar-refractivity contribution in [1.29, 1.82) is 0 Å². The highest BCUT2D eigenvalue weighted by atomic mass is 32.2. The van der Waals surface area contributed by atoms with Crippen LogP contribution in [-0.4, -0.2) is 58.9 Å². The van der Waals surface area contributed by atoms with Gasteiger partial charge in [-0.1, -0.05) is 6.07 Å². The van der Waals surface area contributed by atoms with Crippen molar-refractivity contribution in [3.05, 3.63) is 59.9 Å². The van der Waals surface area contributed by atoms with Gasteiger partial charge in [0.2, 0.25) is 27.8 Å². The molecule has 0 aliphatic heterocycles. The van der Waals surface area contributed by atoms with Crippen molar-refractivity contribution in [1.82, 2.24) is 25.1 Å². The molecule has 0 saturated heterocycles. The predicted octanol–water partition coefficient (Wildman–Crippen LogP) is 2.93. The maximum Gasteiger partial charge on any atom is 0.238 e. The summed E-state index contributed by atoms with van der Waals surface area (Å²) in [6.45, 7) is 6.19. The first-order valence-corrected chi connectivity index (χ1v) is 15.0. The summed E-state index contributed by atoms with van der Waals surface area (Å²) in [5.74, 6) is -0.799. The van der Waals surface area contributed by atoms with Crippen LogP contribution in [0.3, 0.4) is 0 Å². The number of benzene rings is 2. The van der Waals surface area contributed by atoms with E-state index in [0.29, 0.717) is 11.4 Å². The fraction of sp³-hybridized carbons (Fsp3) is 0.310. The van der Waals surface area contributed by atoms with E-state index in [9.17, 15) is 22.8 Å². The molecule has 0 unspecified atom stereocenters. The molecule has 43 heavy (non-hydrogen) atoms. The minimum absolute atomic E-state index is 0.0151. The summed E-state index contributed by atoms with van der Waals surface area (Å²) in [6.07, 6.45) is 1.33. The highest BCUT2D eigenvalue weighted by molar-refractivity contribution is 7.89. The van der Waals surface area contributed by atoms with Gasteiger partial charge in [-0.25, -0.2) is 23.4 Å². The van der Waals surface area contributed by atoms with Crippen LogP contribution in [0.5, 0.6) is 0 Å². The first-order valence-electron chi connectivity index (χ1n) is 13.4. The van der Waals surface area contributed by atoms with Crippen molar-refractivity contribution in [3.63, 3.8) is 0 Å². The third-order valence-electron chi connectivity index (χ3n) is 7.17. The molecule has 0 saturated carbocycles. The van der Waals surface area contributed by atoms with Crippen LogP contribution in [0.1, 0.15) is 37.9 Å². The Hall–Kier alpha value is -4.69. The van der Waals surface area contributed by atoms with Gasteiger partial charge in [-0.2, -0.15) is 10.1 Å². The van der Waals surface area contributed by atoms with Crippen LogP contribution in [0, 0.1) is 13.8 Å². The molecule has 2 amide bonds. The number of rotatable bonds is 10. The minimum atomic E-state index is -4.11. The number of nitrogens with two attached hydrogens (primary N) is 1. The summed E-state index contributed by atoms with van der Waals surface area (Å²) >= 11 is 0. The zero-order valence-electron chi connectivity index (χ0n) is 24.8. The smallest absolute Gasteiger partial charge is 0.238 e. The summed E-state index contributed by atoms with van der Waals surface area (Å²) < 4.78 is 26.4. The van der Waals surface area contributed by atoms with Gasteiger partial charge in [0.05, 0.1) is 22.1 Å². The molecule has 1 atom stereocenters. The second-order valence-corrected chi connectivity index (χ2v) is 11.8. The van der Waals surface area contributed by atoms with Gasteiger partial charge in [0.1, 0.15) is 5.82 Å². The molecule has 0 fully saturated rings. The van der Waals surface area contributed by atoms with Crippen LogP contribution >= 0.6 is 0 Å². The highest BCUT2D eigenvalue weighted by Crippen LogP contribution is 2.31. The molecule has 4 aromatic rings. The molecule has 13 nitrogen and oxygen atoms in total. The number of primary sulfonamides is 1. The minimum Gasteiger partial charge on any atom is -0.347 e. The molecule has 0 bridgehead atoms. The SMILES string of the molecule is CC(=O)N[C@@H](CCC(=O)N(c1ccc(C)c(S(N)(=O)=O)c1)c1nccc(N(C)c2ccc3c(C)n(C)nc3c2)n1)C(C)=O. The lowest BCUT2D eigenvalue weighted by Crippen LogP contribution is -2.39. The molecule has 2 aromatic carbocycles. The molecule has 0 spiro atoms. The molecule has 4 rings (SSSR count). The van der Waals surface area contributed by atoms with Crippen molar-refractivity contribution in [2.75, 3.05) is 16.8 Å². The average molecular weight is 607 g/mol. The molecule has 226 valence electrons. The zero-order valence-corrected chi connectivity index (χ0v) is 25.6. The van der Waals surface area contributed by atoms with Gasteiger partial charge in [0.25, 0.3) is 0 Å². The number of ketones is 1. The number of nitrogens with one attached hydrogen (secondary N) is 1. The Balaban J connectivity index is 1.75. The van der Waals surface area contributed by atoms with E-state index in [2.05, 4.69) is 20.4 Å². The lowest BCUT2D eigenvalue weighted by Gasteiger charge is -2.25. The number of fused-ring (bicyclic) bond motifs is 1. The number of aryl methyl sites for hydroxylation is 3. The van der Waals surface area contributed by atoms with Gasteiger partial charge in [-0.05, 0) is 69.2 Å². The Morgan fingerprint density at radius 2 is 1.74 bits per heavy atom. The Bertz CT molecular complexity index is 1840. The predicted molar refractivity (Wildman–Crippen MR) is 163 cm³/mol. The number of sulfonamides is 1. The topological polar surface area (TPSA) is 173 Å². The first kappa shape index (κ1) is 31.3. The molecule has 2 aromatic heterocycles. The largest absolute Gasteiger partial charge is 0.347 e. The van der Waals surface area contributed by atoms with Crippen molar-refractivity contribution < 1.29 is 22.8 Å². The number of nitrogens with zero attached hydrogens (tertiary/aromatic N) is 6. The van der Waals surface area contributed by atoms with Crippen LogP contribution in [0.15, 0.2) is 53.6 Å². The van der Waals surface area contributed by atoms with Crippen molar-refractivity contribution >= 4 is 61.7 Å². The monoisotopic (exact) mass is 606 g/mol. The number of hydrogen-bond acceptors (Lipinski definition) is 9. The molecule has 14 heteroatoms. The molecular formula is C29H34N8O5S. The maximum absolute atomic E-state index is 13.8. The van der Waals surface area contributed by atoms with Gasteiger partial charge < -0.3 is 10.2 Å². The van der Waals surface area contributed by atoms with E-state index in [-0.39, 0.29) is 35.2 Å². The number of aromatic nitrogens is 4. The number of carbonyl (C=O) groups excluding carboxylic acids is 3. The van der Waals surface area contributed by atoms with Crippen LogP contribution in [-0.2, 0) is 31.5 Å². The van der Waals surface area contributed by atoms with E-state index in [1.54, 1.807) is 23.7 Å². The van der Waals surface area contributed by atoms with E-state index in [4.69, 9.17) is 5.14 Å². The fourth-order valence-corrected chi connectivity index (χ4v) is 5.50.